The summed E-state index contributed by atoms with van der Waals surface area (Å²) in [7, 11) is 0. The standard InChI is InChI=1S/C12H27N.3Na.3H/c1-2-3-4-5-6-7-8-9-10-11-12-13;;;;;;/h2-13H2,1H3;;;;;;. The fraction of sp³-hybridized carbons (Fsp3) is 1.00. The van der Waals surface area contributed by atoms with Crippen LogP contribution in [0.2, 0.25) is 0 Å². The van der Waals surface area contributed by atoms with Gasteiger partial charge in [0.05, 0.1) is 0 Å². The predicted molar refractivity (Wildman–Crippen MR) is 82.3 cm³/mol. The molecule has 16 heavy (non-hydrogen) atoms. The van der Waals surface area contributed by atoms with Gasteiger partial charge in [0.25, 0.3) is 0 Å². The van der Waals surface area contributed by atoms with E-state index in [1.807, 2.05) is 0 Å². The zero-order chi connectivity index (χ0) is 9.78. The van der Waals surface area contributed by atoms with Crippen LogP contribution >= 0.6 is 0 Å². The Bertz CT molecular complexity index is 82.3. The minimum absolute atomic E-state index is 0. The summed E-state index contributed by atoms with van der Waals surface area (Å²) in [6.45, 7) is 3.14. The molecule has 0 rings (SSSR count). The average Bonchev–Trinajstić information content (AvgIpc) is 2.16. The van der Waals surface area contributed by atoms with Crippen LogP contribution in [0.3, 0.4) is 0 Å². The molecule has 0 spiro atoms. The fourth-order valence-electron chi connectivity index (χ4n) is 1.63. The van der Waals surface area contributed by atoms with Crippen molar-refractivity contribution in [3.63, 3.8) is 0 Å². The van der Waals surface area contributed by atoms with Crippen molar-refractivity contribution in [2.24, 2.45) is 5.73 Å². The molecule has 0 heterocycles. The predicted octanol–water partition coefficient (Wildman–Crippen LogP) is 1.92. The summed E-state index contributed by atoms with van der Waals surface area (Å²) in [6.07, 6.45) is 13.9. The first-order chi connectivity index (χ1) is 6.41. The van der Waals surface area contributed by atoms with E-state index in [-0.39, 0.29) is 88.7 Å². The summed E-state index contributed by atoms with van der Waals surface area (Å²) in [4.78, 5) is 0. The topological polar surface area (TPSA) is 26.0 Å². The van der Waals surface area contributed by atoms with Crippen LogP contribution in [0.15, 0.2) is 0 Å². The molecular weight excluding hydrogens is 227 g/mol. The number of nitrogens with two attached hydrogens (primary N) is 1. The van der Waals surface area contributed by atoms with Crippen LogP contribution < -0.4 is 5.73 Å². The molecule has 0 saturated carbocycles. The second-order valence-corrected chi connectivity index (χ2v) is 3.97. The molecule has 86 valence electrons. The van der Waals surface area contributed by atoms with Crippen LogP contribution in [0.25, 0.3) is 0 Å². The molecule has 0 aromatic carbocycles. The molecule has 0 aromatic heterocycles. The van der Waals surface area contributed by atoms with Crippen LogP contribution in [0.1, 0.15) is 71.1 Å². The zero-order valence-electron chi connectivity index (χ0n) is 9.36. The Balaban J connectivity index is -0.000000240. The van der Waals surface area contributed by atoms with Crippen LogP contribution in [0.5, 0.6) is 0 Å². The molecule has 0 amide bonds. The van der Waals surface area contributed by atoms with Gasteiger partial charge in [-0.1, -0.05) is 64.7 Å². The van der Waals surface area contributed by atoms with Gasteiger partial charge in [-0.2, -0.15) is 0 Å². The average molecular weight is 257 g/mol. The van der Waals surface area contributed by atoms with E-state index in [4.69, 9.17) is 5.73 Å². The van der Waals surface area contributed by atoms with Gasteiger partial charge in [-0.15, -0.1) is 0 Å². The maximum atomic E-state index is 5.42. The Labute approximate surface area is 169 Å². The number of rotatable bonds is 10. The van der Waals surface area contributed by atoms with Crippen molar-refractivity contribution in [2.75, 3.05) is 6.54 Å². The minimum atomic E-state index is 0. The number of unbranched alkanes of at least 4 members (excludes halogenated alkanes) is 9. The van der Waals surface area contributed by atoms with Gasteiger partial charge in [0.15, 0.2) is 0 Å². The van der Waals surface area contributed by atoms with Crippen molar-refractivity contribution in [1.29, 1.82) is 0 Å². The van der Waals surface area contributed by atoms with Crippen molar-refractivity contribution < 1.29 is 0 Å². The Hall–Kier alpha value is 2.96. The van der Waals surface area contributed by atoms with E-state index in [0.29, 0.717) is 0 Å². The second kappa shape index (κ2) is 26.5. The third-order valence-corrected chi connectivity index (χ3v) is 2.56. The van der Waals surface area contributed by atoms with Crippen LogP contribution in [0.4, 0.5) is 0 Å². The van der Waals surface area contributed by atoms with E-state index in [2.05, 4.69) is 6.92 Å². The van der Waals surface area contributed by atoms with Gasteiger partial charge in [0.2, 0.25) is 0 Å². The van der Waals surface area contributed by atoms with E-state index >= 15 is 0 Å². The van der Waals surface area contributed by atoms with Gasteiger partial charge < -0.3 is 5.73 Å². The summed E-state index contributed by atoms with van der Waals surface area (Å²) in [6, 6.07) is 0. The molecule has 0 bridgehead atoms. The molecule has 0 unspecified atom stereocenters. The van der Waals surface area contributed by atoms with Gasteiger partial charge in [-0.3, -0.25) is 0 Å². The SMILES string of the molecule is CCCCCCCCCCCCN.[NaH].[NaH].[NaH]. The maximum absolute atomic E-state index is 5.42. The first-order valence-corrected chi connectivity index (χ1v) is 6.12. The molecule has 0 aliphatic heterocycles. The molecule has 0 aliphatic rings. The third kappa shape index (κ3) is 25.7. The molecule has 1 nitrogen and oxygen atoms in total. The Kier molecular flexibility index (Phi) is 45.3. The van der Waals surface area contributed by atoms with E-state index in [1.165, 1.54) is 64.2 Å². The van der Waals surface area contributed by atoms with Crippen molar-refractivity contribution in [2.45, 2.75) is 71.1 Å². The fourth-order valence-corrected chi connectivity index (χ4v) is 1.63. The Morgan fingerprint density at radius 3 is 1.19 bits per heavy atom. The van der Waals surface area contributed by atoms with Gasteiger partial charge in [0.1, 0.15) is 0 Å². The molecule has 2 N–H and O–H groups in total. The van der Waals surface area contributed by atoms with E-state index < -0.39 is 0 Å². The van der Waals surface area contributed by atoms with Crippen LogP contribution in [0, 0.1) is 0 Å². The summed E-state index contributed by atoms with van der Waals surface area (Å²) in [5, 5.41) is 0. The molecule has 0 radical (unpaired) electrons. The van der Waals surface area contributed by atoms with Gasteiger partial charge in [-0.25, -0.2) is 0 Å². The van der Waals surface area contributed by atoms with Crippen LogP contribution in [-0.4, -0.2) is 95.2 Å². The van der Waals surface area contributed by atoms with Gasteiger partial charge >= 0.3 is 88.7 Å². The van der Waals surface area contributed by atoms with Gasteiger partial charge in [0, 0.05) is 0 Å². The molecule has 0 fully saturated rings. The molecule has 4 heteroatoms. The van der Waals surface area contributed by atoms with E-state index in [1.54, 1.807) is 0 Å². The molecule has 0 saturated heterocycles. The van der Waals surface area contributed by atoms with Crippen LogP contribution in [-0.2, 0) is 0 Å². The quantitative estimate of drug-likeness (QED) is 0.469. The van der Waals surface area contributed by atoms with Crippen molar-refractivity contribution >= 4 is 88.7 Å². The molecule has 0 aromatic rings. The summed E-state index contributed by atoms with van der Waals surface area (Å²) >= 11 is 0. The second-order valence-electron chi connectivity index (χ2n) is 3.97. The third-order valence-electron chi connectivity index (χ3n) is 2.56. The summed E-state index contributed by atoms with van der Waals surface area (Å²) in [5.41, 5.74) is 5.42. The first kappa shape index (κ1) is 27.3. The Morgan fingerprint density at radius 1 is 0.562 bits per heavy atom. The molecular formula is C12H30NNa3. The summed E-state index contributed by atoms with van der Waals surface area (Å²) in [5.74, 6) is 0. The zero-order valence-corrected chi connectivity index (χ0v) is 9.36. The van der Waals surface area contributed by atoms with E-state index in [0.717, 1.165) is 6.54 Å². The molecule has 0 atom stereocenters. The van der Waals surface area contributed by atoms with Gasteiger partial charge in [-0.05, 0) is 13.0 Å². The van der Waals surface area contributed by atoms with Crippen molar-refractivity contribution in [1.82, 2.24) is 0 Å². The normalized spacial score (nSPS) is 8.62. The van der Waals surface area contributed by atoms with E-state index in [9.17, 15) is 0 Å². The van der Waals surface area contributed by atoms with Crippen molar-refractivity contribution in [3.05, 3.63) is 0 Å². The van der Waals surface area contributed by atoms with Crippen molar-refractivity contribution in [3.8, 4) is 0 Å². The summed E-state index contributed by atoms with van der Waals surface area (Å²) < 4.78 is 0. The Morgan fingerprint density at radius 2 is 0.875 bits per heavy atom. The molecule has 0 aliphatic carbocycles. The monoisotopic (exact) mass is 257 g/mol. The first-order valence-electron chi connectivity index (χ1n) is 6.12. The number of hydrogen-bond donors (Lipinski definition) is 1. The number of hydrogen-bond acceptors (Lipinski definition) is 1.